The number of para-hydroxylation sites is 1. The largest absolute Gasteiger partial charge is 0.361 e. The summed E-state index contributed by atoms with van der Waals surface area (Å²) in [5.74, 6) is 0.375. The first-order chi connectivity index (χ1) is 9.38. The van der Waals surface area contributed by atoms with Crippen molar-refractivity contribution in [3.05, 3.63) is 71.9 Å². The van der Waals surface area contributed by atoms with Gasteiger partial charge in [-0.25, -0.2) is 0 Å². The predicted octanol–water partition coefficient (Wildman–Crippen LogP) is 3.45. The Kier molecular flexibility index (Phi) is 3.34. The van der Waals surface area contributed by atoms with Gasteiger partial charge in [0.2, 0.25) is 0 Å². The fourth-order valence-electron chi connectivity index (χ4n) is 2.63. The molecule has 2 aromatic carbocycles. The van der Waals surface area contributed by atoms with E-state index < -0.39 is 0 Å². The molecule has 2 heteroatoms. The molecular formula is C17H18N2. The van der Waals surface area contributed by atoms with Crippen molar-refractivity contribution >= 4 is 10.9 Å². The molecule has 0 aliphatic heterocycles. The van der Waals surface area contributed by atoms with Crippen molar-refractivity contribution in [2.45, 2.75) is 12.3 Å². The van der Waals surface area contributed by atoms with E-state index in [1.165, 1.54) is 22.0 Å². The number of benzene rings is 2. The molecule has 0 aliphatic rings. The highest BCUT2D eigenvalue weighted by Gasteiger charge is 2.12. The van der Waals surface area contributed by atoms with Crippen molar-refractivity contribution in [1.82, 2.24) is 4.98 Å². The van der Waals surface area contributed by atoms with Gasteiger partial charge >= 0.3 is 0 Å². The lowest BCUT2D eigenvalue weighted by atomic mass is 9.92. The molecule has 0 bridgehead atoms. The molecule has 1 atom stereocenters. The van der Waals surface area contributed by atoms with Gasteiger partial charge in [0, 0.05) is 23.0 Å². The molecule has 3 N–H and O–H groups in total. The van der Waals surface area contributed by atoms with Gasteiger partial charge in [-0.3, -0.25) is 0 Å². The second-order valence-corrected chi connectivity index (χ2v) is 4.91. The molecule has 0 radical (unpaired) electrons. The van der Waals surface area contributed by atoms with E-state index in [1.807, 2.05) is 6.07 Å². The fourth-order valence-corrected chi connectivity index (χ4v) is 2.63. The third-order valence-electron chi connectivity index (χ3n) is 3.70. The number of fused-ring (bicyclic) bond motifs is 1. The van der Waals surface area contributed by atoms with Gasteiger partial charge in [-0.2, -0.15) is 0 Å². The molecule has 3 aromatic rings. The maximum atomic E-state index is 5.96. The van der Waals surface area contributed by atoms with E-state index in [0.717, 1.165) is 6.42 Å². The second kappa shape index (κ2) is 5.29. The minimum Gasteiger partial charge on any atom is -0.361 e. The van der Waals surface area contributed by atoms with Crippen molar-refractivity contribution in [3.63, 3.8) is 0 Å². The number of nitrogens with two attached hydrogens (primary N) is 1. The minimum absolute atomic E-state index is 0.375. The summed E-state index contributed by atoms with van der Waals surface area (Å²) in [4.78, 5) is 3.33. The van der Waals surface area contributed by atoms with E-state index in [-0.39, 0.29) is 0 Å². The van der Waals surface area contributed by atoms with Crippen LogP contribution in [0.25, 0.3) is 10.9 Å². The van der Waals surface area contributed by atoms with E-state index in [0.29, 0.717) is 12.5 Å². The molecule has 3 rings (SSSR count). The lowest BCUT2D eigenvalue weighted by Gasteiger charge is -2.14. The lowest BCUT2D eigenvalue weighted by Crippen LogP contribution is -2.14. The summed E-state index contributed by atoms with van der Waals surface area (Å²) in [6, 6.07) is 18.9. The van der Waals surface area contributed by atoms with Gasteiger partial charge in [0.05, 0.1) is 0 Å². The molecule has 0 aliphatic carbocycles. The van der Waals surface area contributed by atoms with Crippen LogP contribution in [0.15, 0.2) is 60.8 Å². The standard InChI is InChI=1S/C17H18N2/c18-11-14(13-6-2-1-3-7-13)10-15-12-19-17-9-5-4-8-16(15)17/h1-9,12,14,19H,10-11,18H2. The van der Waals surface area contributed by atoms with Gasteiger partial charge in [-0.15, -0.1) is 0 Å². The fraction of sp³-hybridized carbons (Fsp3) is 0.176. The molecule has 0 saturated heterocycles. The monoisotopic (exact) mass is 250 g/mol. The first-order valence-corrected chi connectivity index (χ1v) is 6.68. The number of aromatic amines is 1. The van der Waals surface area contributed by atoms with Crippen LogP contribution in [0.2, 0.25) is 0 Å². The minimum atomic E-state index is 0.375. The van der Waals surface area contributed by atoms with Crippen molar-refractivity contribution in [2.24, 2.45) is 5.73 Å². The van der Waals surface area contributed by atoms with Crippen LogP contribution in [-0.2, 0) is 6.42 Å². The highest BCUT2D eigenvalue weighted by atomic mass is 14.7. The maximum absolute atomic E-state index is 5.96. The van der Waals surface area contributed by atoms with E-state index in [2.05, 4.69) is 59.7 Å². The Bertz CT molecular complexity index is 655. The van der Waals surface area contributed by atoms with Crippen LogP contribution in [0.3, 0.4) is 0 Å². The van der Waals surface area contributed by atoms with Crippen LogP contribution < -0.4 is 5.73 Å². The number of hydrogen-bond acceptors (Lipinski definition) is 1. The van der Waals surface area contributed by atoms with Gasteiger partial charge in [0.15, 0.2) is 0 Å². The Labute approximate surface area is 113 Å². The van der Waals surface area contributed by atoms with Crippen molar-refractivity contribution in [1.29, 1.82) is 0 Å². The third kappa shape index (κ3) is 2.40. The molecule has 1 unspecified atom stereocenters. The van der Waals surface area contributed by atoms with E-state index in [9.17, 15) is 0 Å². The molecule has 19 heavy (non-hydrogen) atoms. The molecule has 0 spiro atoms. The zero-order valence-corrected chi connectivity index (χ0v) is 10.8. The predicted molar refractivity (Wildman–Crippen MR) is 80.2 cm³/mol. The van der Waals surface area contributed by atoms with E-state index in [4.69, 9.17) is 5.73 Å². The molecule has 1 aromatic heterocycles. The average molecular weight is 250 g/mol. The Morgan fingerprint density at radius 1 is 0.947 bits per heavy atom. The van der Waals surface area contributed by atoms with Crippen LogP contribution in [-0.4, -0.2) is 11.5 Å². The lowest BCUT2D eigenvalue weighted by molar-refractivity contribution is 0.697. The molecule has 2 nitrogen and oxygen atoms in total. The smallest absolute Gasteiger partial charge is 0.0456 e. The second-order valence-electron chi connectivity index (χ2n) is 4.91. The average Bonchev–Trinajstić information content (AvgIpc) is 2.89. The van der Waals surface area contributed by atoms with E-state index >= 15 is 0 Å². The number of H-pyrrole nitrogens is 1. The van der Waals surface area contributed by atoms with Gasteiger partial charge < -0.3 is 10.7 Å². The quantitative estimate of drug-likeness (QED) is 0.731. The Balaban J connectivity index is 1.91. The summed E-state index contributed by atoms with van der Waals surface area (Å²) in [5, 5.41) is 1.30. The number of rotatable bonds is 4. The van der Waals surface area contributed by atoms with Gasteiger partial charge in [0.1, 0.15) is 0 Å². The first-order valence-electron chi connectivity index (χ1n) is 6.68. The Morgan fingerprint density at radius 3 is 2.47 bits per heavy atom. The zero-order valence-electron chi connectivity index (χ0n) is 10.8. The maximum Gasteiger partial charge on any atom is 0.0456 e. The zero-order chi connectivity index (χ0) is 13.1. The van der Waals surface area contributed by atoms with E-state index in [1.54, 1.807) is 0 Å². The first kappa shape index (κ1) is 12.0. The summed E-state index contributed by atoms with van der Waals surface area (Å²) < 4.78 is 0. The highest BCUT2D eigenvalue weighted by Crippen LogP contribution is 2.25. The Morgan fingerprint density at radius 2 is 1.68 bits per heavy atom. The number of aromatic nitrogens is 1. The molecule has 96 valence electrons. The third-order valence-corrected chi connectivity index (χ3v) is 3.70. The topological polar surface area (TPSA) is 41.8 Å². The Hall–Kier alpha value is -2.06. The van der Waals surface area contributed by atoms with Gasteiger partial charge in [-0.1, -0.05) is 48.5 Å². The normalized spacial score (nSPS) is 12.7. The van der Waals surface area contributed by atoms with Gasteiger partial charge in [0.25, 0.3) is 0 Å². The molecule has 0 fully saturated rings. The van der Waals surface area contributed by atoms with Crippen LogP contribution in [0.1, 0.15) is 17.0 Å². The number of nitrogens with one attached hydrogen (secondary N) is 1. The SMILES string of the molecule is NCC(Cc1c[nH]c2ccccc12)c1ccccc1. The molecule has 1 heterocycles. The molecule has 0 amide bonds. The van der Waals surface area contributed by atoms with Crippen molar-refractivity contribution in [2.75, 3.05) is 6.54 Å². The van der Waals surface area contributed by atoms with Crippen LogP contribution in [0.4, 0.5) is 0 Å². The molecule has 0 saturated carbocycles. The molecular weight excluding hydrogens is 232 g/mol. The summed E-state index contributed by atoms with van der Waals surface area (Å²) in [6.07, 6.45) is 3.08. The van der Waals surface area contributed by atoms with Crippen LogP contribution in [0, 0.1) is 0 Å². The number of hydrogen-bond donors (Lipinski definition) is 2. The summed E-state index contributed by atoms with van der Waals surface area (Å²) in [6.45, 7) is 0.670. The highest BCUT2D eigenvalue weighted by molar-refractivity contribution is 5.83. The summed E-state index contributed by atoms with van der Waals surface area (Å²) >= 11 is 0. The van der Waals surface area contributed by atoms with Gasteiger partial charge in [-0.05, 0) is 30.2 Å². The van der Waals surface area contributed by atoms with Crippen LogP contribution in [0.5, 0.6) is 0 Å². The summed E-state index contributed by atoms with van der Waals surface area (Å²) in [7, 11) is 0. The van der Waals surface area contributed by atoms with Crippen molar-refractivity contribution < 1.29 is 0 Å². The van der Waals surface area contributed by atoms with Crippen LogP contribution >= 0.6 is 0 Å². The van der Waals surface area contributed by atoms with Crippen molar-refractivity contribution in [3.8, 4) is 0 Å². The summed E-state index contributed by atoms with van der Waals surface area (Å²) in [5.41, 5.74) is 9.81.